The number of aliphatic hydroxyl groups is 2. The summed E-state index contributed by atoms with van der Waals surface area (Å²) in [4.78, 5) is 16.8. The third kappa shape index (κ3) is 10.9. The number of Topliss-reactive ketones (excluding diaryl/α,β-unsaturated/α-hetero) is 1. The molecule has 2 heterocycles. The number of ketones is 1. The van der Waals surface area contributed by atoms with Crippen molar-refractivity contribution < 1.29 is 31.8 Å². The molecule has 0 radical (unpaired) electrons. The number of aliphatic hydroxyl groups excluding tert-OH is 2. The van der Waals surface area contributed by atoms with Gasteiger partial charge in [-0.2, -0.15) is 0 Å². The summed E-state index contributed by atoms with van der Waals surface area (Å²) in [5, 5.41) is 23.6. The minimum atomic E-state index is -3.83. The van der Waals surface area contributed by atoms with Gasteiger partial charge < -0.3 is 10.2 Å². The minimum absolute atomic E-state index is 0.0125. The van der Waals surface area contributed by atoms with E-state index in [1.165, 1.54) is 25.8 Å². The molecule has 11 nitrogen and oxygen atoms in total. The van der Waals surface area contributed by atoms with Gasteiger partial charge >= 0.3 is 0 Å². The molecule has 306 valence electrons. The fourth-order valence-corrected chi connectivity index (χ4v) is 11.4. The zero-order valence-electron chi connectivity index (χ0n) is 33.0. The van der Waals surface area contributed by atoms with Gasteiger partial charge in [-0.25, -0.2) is 26.3 Å². The third-order valence-electron chi connectivity index (χ3n) is 11.3. The molecule has 2 fully saturated rings. The monoisotopic (exact) mass is 920 g/mol. The standard InChI is InChI=1S/C22H30N2O4S.C20H27IN2O3S/c1-15-7-4-8-16(2)24(15)14-18(26)13-23-29(27,28)22-12-6-10-20-19(17(3)25)9-5-11-21(20)22;1-14-6-3-7-15(2)23(14)13-16(24)12-22-27(25,26)20-11-5-8-17-18(20)9-4-10-19(17)21/h5-6,9-12,15-16,18,23,26H,4,7-8,13-14H2,1-3H3;4-5,8-11,14-16,22,24H,3,6-7,12-13H2,1-2H3/t15-,16+,18-;14-,15+,16-/m00/s1. The smallest absolute Gasteiger partial charge is 0.241 e. The number of halogens is 1. The Bertz CT molecular complexity index is 2180. The van der Waals surface area contributed by atoms with Crippen LogP contribution in [0.25, 0.3) is 21.5 Å². The number of carbonyl (C=O) groups excluding carboxylic acids is 1. The van der Waals surface area contributed by atoms with Gasteiger partial charge in [0.05, 0.1) is 22.0 Å². The predicted molar refractivity (Wildman–Crippen MR) is 232 cm³/mol. The number of rotatable bonds is 13. The molecule has 0 aromatic heterocycles. The van der Waals surface area contributed by atoms with Crippen LogP contribution in [0.5, 0.6) is 0 Å². The first-order chi connectivity index (χ1) is 26.5. The maximum Gasteiger partial charge on any atom is 0.241 e. The molecule has 0 aliphatic carbocycles. The zero-order valence-corrected chi connectivity index (χ0v) is 36.8. The first-order valence-corrected chi connectivity index (χ1v) is 23.6. The molecule has 0 saturated carbocycles. The van der Waals surface area contributed by atoms with Crippen LogP contribution in [0.3, 0.4) is 0 Å². The molecule has 0 amide bonds. The van der Waals surface area contributed by atoms with Crippen molar-refractivity contribution in [1.82, 2.24) is 19.2 Å². The Labute approximate surface area is 346 Å². The predicted octanol–water partition coefficient (Wildman–Crippen LogP) is 6.29. The quantitative estimate of drug-likeness (QED) is 0.0895. The molecule has 4 aromatic rings. The average molecular weight is 921 g/mol. The lowest BCUT2D eigenvalue weighted by Gasteiger charge is -2.40. The molecular weight excluding hydrogens is 864 g/mol. The highest BCUT2D eigenvalue weighted by Crippen LogP contribution is 2.29. The molecular formula is C42H57IN4O7S2. The summed E-state index contributed by atoms with van der Waals surface area (Å²) < 4.78 is 57.7. The van der Waals surface area contributed by atoms with Crippen molar-refractivity contribution in [2.75, 3.05) is 26.2 Å². The second-order valence-corrected chi connectivity index (χ2v) is 20.1. The number of nitrogens with one attached hydrogen (secondary N) is 2. The fraction of sp³-hybridized carbons (Fsp3) is 0.500. The number of carbonyl (C=O) groups is 1. The van der Waals surface area contributed by atoms with Crippen LogP contribution in [0.2, 0.25) is 0 Å². The van der Waals surface area contributed by atoms with E-state index < -0.39 is 32.3 Å². The van der Waals surface area contributed by atoms with E-state index in [1.54, 1.807) is 42.5 Å². The summed E-state index contributed by atoms with van der Waals surface area (Å²) in [5.74, 6) is -0.113. The Balaban J connectivity index is 0.000000215. The third-order valence-corrected chi connectivity index (χ3v) is 15.2. The van der Waals surface area contributed by atoms with Crippen molar-refractivity contribution in [3.8, 4) is 0 Å². The highest BCUT2D eigenvalue weighted by atomic mass is 127. The molecule has 0 unspecified atom stereocenters. The molecule has 14 heteroatoms. The summed E-state index contributed by atoms with van der Waals surface area (Å²) in [5.41, 5.74) is 0.493. The van der Waals surface area contributed by atoms with Crippen molar-refractivity contribution in [2.45, 2.75) is 119 Å². The fourth-order valence-electron chi connectivity index (χ4n) is 8.15. The number of benzene rings is 4. The summed E-state index contributed by atoms with van der Waals surface area (Å²) >= 11 is 2.21. The van der Waals surface area contributed by atoms with Crippen LogP contribution in [-0.4, -0.2) is 105 Å². The second kappa shape index (κ2) is 19.5. The highest BCUT2D eigenvalue weighted by Gasteiger charge is 2.29. The molecule has 2 aliphatic heterocycles. The van der Waals surface area contributed by atoms with E-state index in [0.717, 1.165) is 34.6 Å². The number of sulfonamides is 2. The molecule has 6 atom stereocenters. The van der Waals surface area contributed by atoms with Crippen LogP contribution in [0.15, 0.2) is 82.6 Å². The van der Waals surface area contributed by atoms with Gasteiger partial charge in [0, 0.05) is 70.3 Å². The summed E-state index contributed by atoms with van der Waals surface area (Å²) in [7, 11) is -7.53. The maximum atomic E-state index is 12.9. The van der Waals surface area contributed by atoms with E-state index in [9.17, 15) is 31.8 Å². The molecule has 4 aromatic carbocycles. The Morgan fingerprint density at radius 3 is 1.46 bits per heavy atom. The Morgan fingerprint density at radius 1 is 0.643 bits per heavy atom. The van der Waals surface area contributed by atoms with E-state index in [-0.39, 0.29) is 28.7 Å². The number of nitrogens with zero attached hydrogens (tertiary/aromatic N) is 2. The van der Waals surface area contributed by atoms with Crippen LogP contribution in [0, 0.1) is 3.57 Å². The van der Waals surface area contributed by atoms with Gasteiger partial charge in [0.1, 0.15) is 0 Å². The second-order valence-electron chi connectivity index (χ2n) is 15.5. The van der Waals surface area contributed by atoms with Crippen molar-refractivity contribution in [3.63, 3.8) is 0 Å². The first-order valence-electron chi connectivity index (χ1n) is 19.6. The van der Waals surface area contributed by atoms with Crippen LogP contribution in [-0.2, 0) is 20.0 Å². The van der Waals surface area contributed by atoms with Crippen LogP contribution >= 0.6 is 22.6 Å². The SMILES string of the molecule is CC(=O)c1cccc2c(S(=O)(=O)NC[C@H](O)CN3[C@H](C)CCC[C@@H]3C)cccc12.C[C@@H]1CCC[C@H](C)N1C[C@@H](O)CNS(=O)(=O)c1cccc2c(I)cccc12. The normalized spacial score (nSPS) is 22.4. The van der Waals surface area contributed by atoms with Crippen LogP contribution in [0.1, 0.15) is 83.5 Å². The maximum absolute atomic E-state index is 12.9. The van der Waals surface area contributed by atoms with Crippen molar-refractivity contribution in [1.29, 1.82) is 0 Å². The highest BCUT2D eigenvalue weighted by molar-refractivity contribution is 14.1. The van der Waals surface area contributed by atoms with Gasteiger partial charge in [0.15, 0.2) is 5.78 Å². The van der Waals surface area contributed by atoms with Crippen LogP contribution < -0.4 is 9.44 Å². The van der Waals surface area contributed by atoms with Gasteiger partial charge in [-0.1, -0.05) is 67.4 Å². The van der Waals surface area contributed by atoms with Gasteiger partial charge in [-0.15, -0.1) is 0 Å². The Kier molecular flexibility index (Phi) is 15.5. The molecule has 56 heavy (non-hydrogen) atoms. The largest absolute Gasteiger partial charge is 0.390 e. The first kappa shape index (κ1) is 44.6. The lowest BCUT2D eigenvalue weighted by molar-refractivity contribution is 0.0438. The number of likely N-dealkylation sites (tertiary alicyclic amines) is 2. The summed E-state index contributed by atoms with van der Waals surface area (Å²) in [6.07, 6.45) is 5.30. The molecule has 2 saturated heterocycles. The van der Waals surface area contributed by atoms with Crippen LogP contribution in [0.4, 0.5) is 0 Å². The minimum Gasteiger partial charge on any atom is -0.390 e. The average Bonchev–Trinajstić information content (AvgIpc) is 3.16. The topological polar surface area (TPSA) is 156 Å². The Hall–Kier alpha value is -2.54. The zero-order chi connectivity index (χ0) is 40.8. The lowest BCUT2D eigenvalue weighted by Crippen LogP contribution is -2.49. The Morgan fingerprint density at radius 2 is 1.02 bits per heavy atom. The van der Waals surface area contributed by atoms with Gasteiger partial charge in [-0.05, 0) is 112 Å². The molecule has 6 rings (SSSR count). The van der Waals surface area contributed by atoms with E-state index in [2.05, 4.69) is 69.5 Å². The van der Waals surface area contributed by atoms with Gasteiger partial charge in [-0.3, -0.25) is 14.6 Å². The number of hydrogen-bond donors (Lipinski definition) is 4. The molecule has 0 spiro atoms. The van der Waals surface area contributed by atoms with Crippen molar-refractivity contribution in [2.24, 2.45) is 0 Å². The van der Waals surface area contributed by atoms with Crippen molar-refractivity contribution in [3.05, 3.63) is 81.9 Å². The number of β-amino-alcohol motifs (C(OH)–C–C–N with tert-alkyl or cyclic N) is 2. The lowest BCUT2D eigenvalue weighted by atomic mass is 9.97. The van der Waals surface area contributed by atoms with Gasteiger partial charge in [0.25, 0.3) is 0 Å². The number of fused-ring (bicyclic) bond motifs is 2. The molecule has 4 N–H and O–H groups in total. The number of hydrogen-bond acceptors (Lipinski definition) is 9. The molecule has 0 bridgehead atoms. The summed E-state index contributed by atoms with van der Waals surface area (Å²) in [6.45, 7) is 11.0. The molecule has 2 aliphatic rings. The van der Waals surface area contributed by atoms with Gasteiger partial charge in [0.2, 0.25) is 20.0 Å². The van der Waals surface area contributed by atoms with Crippen molar-refractivity contribution >= 4 is 70.0 Å². The summed E-state index contributed by atoms with van der Waals surface area (Å²) in [6, 6.07) is 22.5. The van der Waals surface area contributed by atoms with E-state index in [4.69, 9.17) is 0 Å². The van der Waals surface area contributed by atoms with E-state index in [1.807, 2.05) is 24.3 Å². The van der Waals surface area contributed by atoms with E-state index >= 15 is 0 Å². The number of piperidine rings is 2. The van der Waals surface area contributed by atoms with E-state index in [0.29, 0.717) is 59.0 Å².